The number of benzene rings is 3. The van der Waals surface area contributed by atoms with Crippen molar-refractivity contribution >= 4 is 34.3 Å². The van der Waals surface area contributed by atoms with Gasteiger partial charge in [0.2, 0.25) is 0 Å². The molecule has 2 heterocycles. The molecule has 0 aliphatic carbocycles. The van der Waals surface area contributed by atoms with Crippen molar-refractivity contribution in [3.8, 4) is 0 Å². The zero-order chi connectivity index (χ0) is 23.9. The fourth-order valence-corrected chi connectivity index (χ4v) is 4.40. The van der Waals surface area contributed by atoms with E-state index in [1.165, 1.54) is 17.0 Å². The van der Waals surface area contributed by atoms with Gasteiger partial charge in [0.15, 0.2) is 0 Å². The van der Waals surface area contributed by atoms with Crippen LogP contribution in [0.4, 0.5) is 20.6 Å². The third-order valence-electron chi connectivity index (χ3n) is 5.92. The van der Waals surface area contributed by atoms with E-state index in [4.69, 9.17) is 4.74 Å². The molecule has 0 radical (unpaired) electrons. The number of carbonyl (C=O) groups excluding carboxylic acids is 2. The zero-order valence-corrected chi connectivity index (χ0v) is 18.7. The highest BCUT2D eigenvalue weighted by atomic mass is 19.1. The monoisotopic (exact) mass is 455 g/mol. The maximum absolute atomic E-state index is 13.9. The van der Waals surface area contributed by atoms with Crippen molar-refractivity contribution in [2.24, 2.45) is 0 Å². The summed E-state index contributed by atoms with van der Waals surface area (Å²) in [4.78, 5) is 31.5. The Morgan fingerprint density at radius 1 is 1.03 bits per heavy atom. The number of hydrogen-bond acceptors (Lipinski definition) is 4. The Hall–Kier alpha value is -4.26. The Morgan fingerprint density at radius 2 is 1.76 bits per heavy atom. The number of pyridine rings is 1. The molecule has 7 heteroatoms. The smallest absolute Gasteiger partial charge is 0.415 e. The molecule has 0 saturated carbocycles. The molecular formula is C27H22FN3O3. The second-order valence-electron chi connectivity index (χ2n) is 8.68. The molecule has 4 aromatic rings. The Balaban J connectivity index is 1.42. The van der Waals surface area contributed by atoms with Gasteiger partial charge in [-0.2, -0.15) is 0 Å². The SMILES string of the molecule is CC1(C)OC(=O)N(c2ccc(C(=O)Nc3cccc4cccnc34)cc2)C1c1cccc(F)c1. The lowest BCUT2D eigenvalue weighted by atomic mass is 9.91. The summed E-state index contributed by atoms with van der Waals surface area (Å²) in [5.74, 6) is -0.682. The highest BCUT2D eigenvalue weighted by molar-refractivity contribution is 6.08. The van der Waals surface area contributed by atoms with Gasteiger partial charge in [-0.25, -0.2) is 9.18 Å². The molecule has 3 aromatic carbocycles. The van der Waals surface area contributed by atoms with Gasteiger partial charge in [0.1, 0.15) is 17.5 Å². The van der Waals surface area contributed by atoms with Crippen LogP contribution < -0.4 is 10.2 Å². The number of ether oxygens (including phenoxy) is 1. The van der Waals surface area contributed by atoms with Crippen LogP contribution in [0.3, 0.4) is 0 Å². The van der Waals surface area contributed by atoms with Crippen molar-refractivity contribution in [2.45, 2.75) is 25.5 Å². The van der Waals surface area contributed by atoms with Crippen LogP contribution in [0.25, 0.3) is 10.9 Å². The number of anilines is 2. The maximum atomic E-state index is 13.9. The summed E-state index contributed by atoms with van der Waals surface area (Å²) in [7, 11) is 0. The fraction of sp³-hybridized carbons (Fsp3) is 0.148. The zero-order valence-electron chi connectivity index (χ0n) is 18.7. The third kappa shape index (κ3) is 3.85. The van der Waals surface area contributed by atoms with E-state index in [1.54, 1.807) is 62.5 Å². The van der Waals surface area contributed by atoms with E-state index in [2.05, 4.69) is 10.3 Å². The molecule has 1 atom stereocenters. The van der Waals surface area contributed by atoms with Crippen LogP contribution in [-0.4, -0.2) is 22.6 Å². The van der Waals surface area contributed by atoms with E-state index >= 15 is 0 Å². The Bertz CT molecular complexity index is 1400. The van der Waals surface area contributed by atoms with E-state index in [-0.39, 0.29) is 11.7 Å². The molecule has 1 aromatic heterocycles. The lowest BCUT2D eigenvalue weighted by molar-refractivity contribution is 0.0684. The predicted octanol–water partition coefficient (Wildman–Crippen LogP) is 6.10. The van der Waals surface area contributed by atoms with Gasteiger partial charge in [-0.05, 0) is 67.9 Å². The maximum Gasteiger partial charge on any atom is 0.415 e. The summed E-state index contributed by atoms with van der Waals surface area (Å²) in [5.41, 5.74) is 2.04. The Kier molecular flexibility index (Phi) is 5.24. The van der Waals surface area contributed by atoms with Gasteiger partial charge >= 0.3 is 6.09 Å². The summed E-state index contributed by atoms with van der Waals surface area (Å²) < 4.78 is 19.5. The minimum Gasteiger partial charge on any atom is -0.441 e. The summed E-state index contributed by atoms with van der Waals surface area (Å²) in [6.45, 7) is 3.58. The number of halogens is 1. The van der Waals surface area contributed by atoms with Crippen molar-refractivity contribution in [3.05, 3.63) is 102 Å². The summed E-state index contributed by atoms with van der Waals surface area (Å²) in [6.07, 6.45) is 1.15. The lowest BCUT2D eigenvalue weighted by Crippen LogP contribution is -2.33. The topological polar surface area (TPSA) is 71.5 Å². The number of hydrogen-bond donors (Lipinski definition) is 1. The number of rotatable bonds is 4. The molecule has 34 heavy (non-hydrogen) atoms. The third-order valence-corrected chi connectivity index (χ3v) is 5.92. The molecule has 1 N–H and O–H groups in total. The number of carbonyl (C=O) groups is 2. The first-order chi connectivity index (χ1) is 16.3. The van der Waals surface area contributed by atoms with Gasteiger partial charge in [0.05, 0.1) is 11.2 Å². The minimum atomic E-state index is -0.873. The average Bonchev–Trinajstić information content (AvgIpc) is 3.07. The van der Waals surface area contributed by atoms with Crippen molar-refractivity contribution in [1.82, 2.24) is 4.98 Å². The van der Waals surface area contributed by atoms with E-state index < -0.39 is 17.7 Å². The van der Waals surface area contributed by atoms with Crippen LogP contribution in [0, 0.1) is 5.82 Å². The second-order valence-corrected chi connectivity index (χ2v) is 8.68. The van der Waals surface area contributed by atoms with Crippen molar-refractivity contribution in [2.75, 3.05) is 10.2 Å². The normalized spacial score (nSPS) is 17.0. The molecule has 170 valence electrons. The molecule has 1 aliphatic heterocycles. The average molecular weight is 455 g/mol. The van der Waals surface area contributed by atoms with E-state index in [0.717, 1.165) is 5.39 Å². The summed E-state index contributed by atoms with van der Waals surface area (Å²) >= 11 is 0. The molecule has 1 unspecified atom stereocenters. The Morgan fingerprint density at radius 3 is 2.53 bits per heavy atom. The van der Waals surface area contributed by atoms with Gasteiger partial charge in [-0.3, -0.25) is 14.7 Å². The van der Waals surface area contributed by atoms with Crippen LogP contribution in [-0.2, 0) is 4.74 Å². The molecule has 0 spiro atoms. The van der Waals surface area contributed by atoms with Crippen LogP contribution in [0.2, 0.25) is 0 Å². The molecule has 0 bridgehead atoms. The van der Waals surface area contributed by atoms with Crippen molar-refractivity contribution < 1.29 is 18.7 Å². The fourth-order valence-electron chi connectivity index (χ4n) is 4.40. The Labute approximate surface area is 196 Å². The quantitative estimate of drug-likeness (QED) is 0.403. The molecule has 5 rings (SSSR count). The summed E-state index contributed by atoms with van der Waals surface area (Å²) in [5, 5.41) is 3.83. The van der Waals surface area contributed by atoms with Gasteiger partial charge < -0.3 is 10.1 Å². The molecule has 1 fully saturated rings. The highest BCUT2D eigenvalue weighted by Gasteiger charge is 2.49. The standard InChI is InChI=1S/C27H22FN3O3/c1-27(2)24(19-7-3-9-20(28)16-19)31(26(33)34-27)21-13-11-18(12-14-21)25(32)30-22-10-4-6-17-8-5-15-29-23(17)22/h3-16,24H,1-2H3,(H,30,32). The number of para-hydroxylation sites is 1. The first-order valence-corrected chi connectivity index (χ1v) is 10.9. The lowest BCUT2D eigenvalue weighted by Gasteiger charge is -2.29. The molecule has 2 amide bonds. The van der Waals surface area contributed by atoms with Crippen LogP contribution >= 0.6 is 0 Å². The number of nitrogens with zero attached hydrogens (tertiary/aromatic N) is 2. The number of amides is 2. The highest BCUT2D eigenvalue weighted by Crippen LogP contribution is 2.43. The number of nitrogens with one attached hydrogen (secondary N) is 1. The summed E-state index contributed by atoms with van der Waals surface area (Å²) in [6, 6.07) is 21.6. The second kappa shape index (κ2) is 8.26. The van der Waals surface area contributed by atoms with Gasteiger partial charge in [0, 0.05) is 22.8 Å². The van der Waals surface area contributed by atoms with Gasteiger partial charge in [-0.1, -0.05) is 30.3 Å². The number of aromatic nitrogens is 1. The minimum absolute atomic E-state index is 0.296. The van der Waals surface area contributed by atoms with Crippen LogP contribution in [0.1, 0.15) is 35.8 Å². The first-order valence-electron chi connectivity index (χ1n) is 10.9. The van der Waals surface area contributed by atoms with Gasteiger partial charge in [0.25, 0.3) is 5.91 Å². The van der Waals surface area contributed by atoms with Crippen LogP contribution in [0.15, 0.2) is 85.1 Å². The molecular weight excluding hydrogens is 433 g/mol. The van der Waals surface area contributed by atoms with E-state index in [9.17, 15) is 14.0 Å². The largest absolute Gasteiger partial charge is 0.441 e. The molecule has 1 aliphatic rings. The predicted molar refractivity (Wildman–Crippen MR) is 128 cm³/mol. The number of cyclic esters (lactones) is 1. The van der Waals surface area contributed by atoms with E-state index in [1.807, 2.05) is 24.3 Å². The first kappa shape index (κ1) is 21.6. The van der Waals surface area contributed by atoms with Gasteiger partial charge in [-0.15, -0.1) is 0 Å². The number of fused-ring (bicyclic) bond motifs is 1. The molecule has 6 nitrogen and oxygen atoms in total. The molecule has 1 saturated heterocycles. The van der Waals surface area contributed by atoms with Crippen molar-refractivity contribution in [1.29, 1.82) is 0 Å². The van der Waals surface area contributed by atoms with E-state index in [0.29, 0.717) is 28.0 Å². The van der Waals surface area contributed by atoms with Crippen molar-refractivity contribution in [3.63, 3.8) is 0 Å². The van der Waals surface area contributed by atoms with Crippen LogP contribution in [0.5, 0.6) is 0 Å².